The van der Waals surface area contributed by atoms with Gasteiger partial charge in [0.1, 0.15) is 0 Å². The van der Waals surface area contributed by atoms with Crippen LogP contribution in [0.15, 0.2) is 24.3 Å². The van der Waals surface area contributed by atoms with Crippen LogP contribution >= 0.6 is 0 Å². The van der Waals surface area contributed by atoms with Crippen LogP contribution in [-0.2, 0) is 16.1 Å². The fourth-order valence-corrected chi connectivity index (χ4v) is 3.24. The number of piperidine rings is 1. The quantitative estimate of drug-likeness (QED) is 0.599. The number of amides is 2. The molecular weight excluding hydrogens is 346 g/mol. The average Bonchev–Trinajstić information content (AvgIpc) is 2.59. The summed E-state index contributed by atoms with van der Waals surface area (Å²) in [6.45, 7) is 1.000. The van der Waals surface area contributed by atoms with Crippen molar-refractivity contribution < 1.29 is 29.5 Å². The first kappa shape index (κ1) is 19.2. The van der Waals surface area contributed by atoms with Crippen molar-refractivity contribution >= 4 is 23.7 Å². The molecule has 1 aromatic carbocycles. The van der Waals surface area contributed by atoms with Gasteiger partial charge < -0.3 is 15.1 Å². The number of nitro groups is 1. The summed E-state index contributed by atoms with van der Waals surface area (Å²) in [6, 6.07) is 5.32. The molecule has 1 atom stereocenters. The Morgan fingerprint density at radius 1 is 1.23 bits per heavy atom. The van der Waals surface area contributed by atoms with E-state index in [0.717, 1.165) is 9.80 Å². The summed E-state index contributed by atoms with van der Waals surface area (Å²) >= 11 is 0. The highest BCUT2D eigenvalue weighted by Crippen LogP contribution is 2.34. The van der Waals surface area contributed by atoms with Gasteiger partial charge in [-0.15, -0.1) is 0 Å². The third-order valence-corrected chi connectivity index (χ3v) is 4.49. The van der Waals surface area contributed by atoms with E-state index in [0.29, 0.717) is 18.4 Å². The molecule has 10 heteroatoms. The molecule has 140 valence electrons. The summed E-state index contributed by atoms with van der Waals surface area (Å²) in [4.78, 5) is 47.9. The smallest absolute Gasteiger partial charge is 0.409 e. The molecule has 1 heterocycles. The first-order chi connectivity index (χ1) is 12.2. The molecule has 0 aromatic heterocycles. The fourth-order valence-electron chi connectivity index (χ4n) is 3.24. The van der Waals surface area contributed by atoms with Crippen LogP contribution in [-0.4, -0.2) is 55.1 Å². The fraction of sp³-hybridized carbons (Fsp3) is 0.438. The maximum Gasteiger partial charge on any atom is 0.409 e. The number of non-ortho nitro benzene ring substituents is 1. The van der Waals surface area contributed by atoms with Crippen molar-refractivity contribution in [2.45, 2.75) is 38.4 Å². The molecule has 0 aliphatic carbocycles. The average molecular weight is 365 g/mol. The Hall–Kier alpha value is -3.17. The second kappa shape index (κ2) is 7.38. The minimum absolute atomic E-state index is 0.00563. The van der Waals surface area contributed by atoms with Gasteiger partial charge in [-0.1, -0.05) is 12.1 Å². The number of nitrogens with zero attached hydrogens (tertiary/aromatic N) is 3. The Kier molecular flexibility index (Phi) is 5.44. The van der Waals surface area contributed by atoms with Crippen molar-refractivity contribution in [3.63, 3.8) is 0 Å². The van der Waals surface area contributed by atoms with E-state index in [1.165, 1.54) is 31.2 Å². The molecule has 1 saturated heterocycles. The van der Waals surface area contributed by atoms with E-state index >= 15 is 0 Å². The van der Waals surface area contributed by atoms with E-state index in [2.05, 4.69) is 0 Å². The third-order valence-electron chi connectivity index (χ3n) is 4.49. The zero-order valence-electron chi connectivity index (χ0n) is 14.1. The summed E-state index contributed by atoms with van der Waals surface area (Å²) in [5.74, 6) is -2.02. The second-order valence-corrected chi connectivity index (χ2v) is 6.04. The maximum absolute atomic E-state index is 12.2. The number of rotatable bonds is 5. The van der Waals surface area contributed by atoms with Gasteiger partial charge in [-0.2, -0.15) is 0 Å². The minimum atomic E-state index is -2.00. The van der Waals surface area contributed by atoms with Crippen molar-refractivity contribution in [1.82, 2.24) is 9.80 Å². The van der Waals surface area contributed by atoms with Gasteiger partial charge in [0.25, 0.3) is 5.69 Å². The molecule has 0 saturated carbocycles. The number of nitro benzene ring substituents is 1. The summed E-state index contributed by atoms with van der Waals surface area (Å²) < 4.78 is 0. The topological polar surface area (TPSA) is 141 Å². The van der Waals surface area contributed by atoms with Crippen LogP contribution in [0.4, 0.5) is 10.5 Å². The summed E-state index contributed by atoms with van der Waals surface area (Å²) in [7, 11) is 0. The number of carbonyl (C=O) groups is 3. The first-order valence-corrected chi connectivity index (χ1v) is 7.95. The molecule has 1 aliphatic rings. The normalized spacial score (nSPS) is 19.7. The lowest BCUT2D eigenvalue weighted by Gasteiger charge is -2.48. The van der Waals surface area contributed by atoms with Crippen molar-refractivity contribution in [3.8, 4) is 0 Å². The van der Waals surface area contributed by atoms with E-state index in [1.54, 1.807) is 0 Å². The highest BCUT2D eigenvalue weighted by molar-refractivity contribution is 5.89. The minimum Gasteiger partial charge on any atom is -0.478 e. The van der Waals surface area contributed by atoms with Gasteiger partial charge in [-0.05, 0) is 18.4 Å². The van der Waals surface area contributed by atoms with Crippen molar-refractivity contribution in [3.05, 3.63) is 39.9 Å². The van der Waals surface area contributed by atoms with Crippen molar-refractivity contribution in [2.75, 3.05) is 6.54 Å². The van der Waals surface area contributed by atoms with E-state index in [1.807, 2.05) is 0 Å². The zero-order valence-corrected chi connectivity index (χ0v) is 14.1. The van der Waals surface area contributed by atoms with Gasteiger partial charge in [0.15, 0.2) is 0 Å². The molecule has 1 unspecified atom stereocenters. The standard InChI is InChI=1S/C16H19N3O7/c1-11(20)18(10-12-4-6-13(7-5-12)19(25)26)16(14(21)22)8-2-3-9-17(16)15(23)24/h4-7H,2-3,8-10H2,1H3,(H,21,22)(H,23,24). The number of carbonyl (C=O) groups excluding carboxylic acids is 1. The molecule has 0 radical (unpaired) electrons. The van der Waals surface area contributed by atoms with Gasteiger partial charge in [0.05, 0.1) is 4.92 Å². The Labute approximate surface area is 148 Å². The number of likely N-dealkylation sites (tertiary alicyclic amines) is 1. The van der Waals surface area contributed by atoms with E-state index < -0.39 is 28.6 Å². The van der Waals surface area contributed by atoms with Crippen LogP contribution in [0.5, 0.6) is 0 Å². The molecule has 1 fully saturated rings. The van der Waals surface area contributed by atoms with Crippen molar-refractivity contribution in [1.29, 1.82) is 0 Å². The highest BCUT2D eigenvalue weighted by Gasteiger charge is 2.54. The van der Waals surface area contributed by atoms with Gasteiger partial charge >= 0.3 is 12.1 Å². The number of hydrogen-bond donors (Lipinski definition) is 2. The number of benzene rings is 1. The Bertz CT molecular complexity index is 734. The Morgan fingerprint density at radius 3 is 2.31 bits per heavy atom. The zero-order chi connectivity index (χ0) is 19.5. The molecule has 2 rings (SSSR count). The Morgan fingerprint density at radius 2 is 1.85 bits per heavy atom. The van der Waals surface area contributed by atoms with Gasteiger partial charge in [0.2, 0.25) is 11.6 Å². The lowest BCUT2D eigenvalue weighted by molar-refractivity contribution is -0.384. The SMILES string of the molecule is CC(=O)N(Cc1ccc([N+](=O)[O-])cc1)C1(C(=O)O)CCCCN1C(=O)O. The molecule has 2 N–H and O–H groups in total. The lowest BCUT2D eigenvalue weighted by Crippen LogP contribution is -2.69. The van der Waals surface area contributed by atoms with E-state index in [-0.39, 0.29) is 25.2 Å². The van der Waals surface area contributed by atoms with Crippen LogP contribution in [0, 0.1) is 10.1 Å². The summed E-state index contributed by atoms with van der Waals surface area (Å²) in [6.07, 6.45) is -0.478. The molecular formula is C16H19N3O7. The lowest BCUT2D eigenvalue weighted by atomic mass is 9.92. The van der Waals surface area contributed by atoms with Crippen LogP contribution < -0.4 is 0 Å². The summed E-state index contributed by atoms with van der Waals surface area (Å²) in [5, 5.41) is 30.0. The molecule has 1 aromatic rings. The molecule has 26 heavy (non-hydrogen) atoms. The van der Waals surface area contributed by atoms with E-state index in [4.69, 9.17) is 0 Å². The molecule has 10 nitrogen and oxygen atoms in total. The number of hydrogen-bond acceptors (Lipinski definition) is 5. The van der Waals surface area contributed by atoms with E-state index in [9.17, 15) is 34.7 Å². The molecule has 2 amide bonds. The third kappa shape index (κ3) is 3.44. The predicted octanol–water partition coefficient (Wildman–Crippen LogP) is 1.89. The number of carboxylic acid groups (broad SMARTS) is 2. The largest absolute Gasteiger partial charge is 0.478 e. The molecule has 1 aliphatic heterocycles. The van der Waals surface area contributed by atoms with Crippen molar-refractivity contribution in [2.24, 2.45) is 0 Å². The van der Waals surface area contributed by atoms with Gasteiger partial charge in [0, 0.05) is 38.6 Å². The van der Waals surface area contributed by atoms with Crippen LogP contribution in [0.2, 0.25) is 0 Å². The monoisotopic (exact) mass is 365 g/mol. The summed E-state index contributed by atoms with van der Waals surface area (Å²) in [5.41, 5.74) is -1.68. The maximum atomic E-state index is 12.2. The number of carboxylic acids is 1. The number of aliphatic carboxylic acids is 1. The second-order valence-electron chi connectivity index (χ2n) is 6.04. The van der Waals surface area contributed by atoms with Gasteiger partial charge in [-0.3, -0.25) is 19.8 Å². The van der Waals surface area contributed by atoms with Gasteiger partial charge in [-0.25, -0.2) is 9.59 Å². The first-order valence-electron chi connectivity index (χ1n) is 7.95. The van der Waals surface area contributed by atoms with Crippen LogP contribution in [0.25, 0.3) is 0 Å². The predicted molar refractivity (Wildman–Crippen MR) is 88.3 cm³/mol. The van der Waals surface area contributed by atoms with Crippen LogP contribution in [0.1, 0.15) is 31.7 Å². The van der Waals surface area contributed by atoms with Crippen LogP contribution in [0.3, 0.4) is 0 Å². The molecule has 0 bridgehead atoms. The Balaban J connectivity index is 2.44. The highest BCUT2D eigenvalue weighted by atomic mass is 16.6. The molecule has 0 spiro atoms.